The van der Waals surface area contributed by atoms with Crippen LogP contribution < -0.4 is 5.56 Å². The summed E-state index contributed by atoms with van der Waals surface area (Å²) < 4.78 is 8.21. The molecule has 0 amide bonds. The number of benzene rings is 1. The van der Waals surface area contributed by atoms with E-state index in [4.69, 9.17) is 4.52 Å². The number of hydrogen-bond acceptors (Lipinski definition) is 6. The van der Waals surface area contributed by atoms with Gasteiger partial charge in [0.1, 0.15) is 11.7 Å². The first-order valence-electron chi connectivity index (χ1n) is 7.98. The minimum Gasteiger partial charge on any atom is -0.339 e. The summed E-state index contributed by atoms with van der Waals surface area (Å²) >= 11 is 0. The van der Waals surface area contributed by atoms with Crippen molar-refractivity contribution in [3.63, 3.8) is 0 Å². The highest BCUT2D eigenvalue weighted by molar-refractivity contribution is 5.75. The van der Waals surface area contributed by atoms with Crippen molar-refractivity contribution in [1.29, 1.82) is 0 Å². The van der Waals surface area contributed by atoms with Crippen LogP contribution in [0.3, 0.4) is 0 Å². The third kappa shape index (κ3) is 2.61. The first kappa shape index (κ1) is 15.3. The molecule has 0 radical (unpaired) electrons. The molecule has 0 saturated heterocycles. The van der Waals surface area contributed by atoms with Crippen LogP contribution in [0.4, 0.5) is 0 Å². The van der Waals surface area contributed by atoms with Crippen molar-refractivity contribution in [2.75, 3.05) is 0 Å². The minimum atomic E-state index is -0.187. The Bertz CT molecular complexity index is 1110. The van der Waals surface area contributed by atoms with Crippen LogP contribution in [0, 0.1) is 6.92 Å². The molecule has 0 atom stereocenters. The molecule has 4 rings (SSSR count). The summed E-state index contributed by atoms with van der Waals surface area (Å²) in [6.45, 7) is 4.13. The summed E-state index contributed by atoms with van der Waals surface area (Å²) in [5.41, 5.74) is 2.29. The van der Waals surface area contributed by atoms with Crippen molar-refractivity contribution in [3.8, 4) is 5.69 Å². The molecule has 0 aliphatic heterocycles. The lowest BCUT2D eigenvalue weighted by atomic mass is 10.2. The molecule has 3 aromatic heterocycles. The van der Waals surface area contributed by atoms with Crippen LogP contribution in [0.2, 0.25) is 0 Å². The molecular formula is C17H16N6O2. The van der Waals surface area contributed by atoms with E-state index in [1.54, 1.807) is 10.9 Å². The van der Waals surface area contributed by atoms with Crippen molar-refractivity contribution in [2.45, 2.75) is 26.8 Å². The Morgan fingerprint density at radius 1 is 1.24 bits per heavy atom. The number of para-hydroxylation sites is 1. The molecule has 0 bridgehead atoms. The molecule has 8 nitrogen and oxygen atoms in total. The fourth-order valence-corrected chi connectivity index (χ4v) is 2.69. The Morgan fingerprint density at radius 2 is 2.08 bits per heavy atom. The Labute approximate surface area is 142 Å². The number of nitrogens with zero attached hydrogens (tertiary/aromatic N) is 6. The fraction of sp³-hybridized carbons (Fsp3) is 0.235. The molecule has 0 fully saturated rings. The Hall–Kier alpha value is -3.29. The second-order valence-corrected chi connectivity index (χ2v) is 5.72. The molecular weight excluding hydrogens is 320 g/mol. The quantitative estimate of drug-likeness (QED) is 0.565. The van der Waals surface area contributed by atoms with Crippen LogP contribution in [-0.2, 0) is 13.0 Å². The van der Waals surface area contributed by atoms with Crippen LogP contribution in [0.15, 0.2) is 46.1 Å². The van der Waals surface area contributed by atoms with Gasteiger partial charge in [0.05, 0.1) is 18.4 Å². The van der Waals surface area contributed by atoms with Crippen molar-refractivity contribution < 1.29 is 4.52 Å². The lowest BCUT2D eigenvalue weighted by Crippen LogP contribution is -2.21. The number of rotatable bonds is 4. The molecule has 0 unspecified atom stereocenters. The molecule has 0 N–H and O–H groups in total. The second-order valence-electron chi connectivity index (χ2n) is 5.72. The van der Waals surface area contributed by atoms with Crippen molar-refractivity contribution in [1.82, 2.24) is 29.5 Å². The maximum Gasteiger partial charge on any atom is 0.264 e. The van der Waals surface area contributed by atoms with Crippen molar-refractivity contribution in [2.24, 2.45) is 0 Å². The maximum absolute atomic E-state index is 12.7. The van der Waals surface area contributed by atoms with Gasteiger partial charge in [0.2, 0.25) is 5.89 Å². The summed E-state index contributed by atoms with van der Waals surface area (Å²) in [7, 11) is 0. The van der Waals surface area contributed by atoms with E-state index in [2.05, 4.69) is 20.2 Å². The summed E-state index contributed by atoms with van der Waals surface area (Å²) in [6, 6.07) is 7.82. The second kappa shape index (κ2) is 5.97. The molecule has 0 spiro atoms. The topological polar surface area (TPSA) is 91.6 Å². The highest BCUT2D eigenvalue weighted by Crippen LogP contribution is 2.17. The predicted molar refractivity (Wildman–Crippen MR) is 90.6 cm³/mol. The first-order valence-corrected chi connectivity index (χ1v) is 7.98. The lowest BCUT2D eigenvalue weighted by Gasteiger charge is -2.07. The van der Waals surface area contributed by atoms with Gasteiger partial charge in [0, 0.05) is 6.42 Å². The number of aryl methyl sites for hydroxylation is 2. The van der Waals surface area contributed by atoms with Crippen LogP contribution in [0.25, 0.3) is 16.7 Å². The average Bonchev–Trinajstić information content (AvgIpc) is 3.25. The van der Waals surface area contributed by atoms with Gasteiger partial charge in [-0.1, -0.05) is 30.3 Å². The van der Waals surface area contributed by atoms with Gasteiger partial charge in [-0.2, -0.15) is 10.1 Å². The van der Waals surface area contributed by atoms with E-state index in [1.807, 2.05) is 38.1 Å². The van der Waals surface area contributed by atoms with Gasteiger partial charge in [-0.15, -0.1) is 0 Å². The SMILES string of the molecule is CCc1nc(Cn2cnc3c(cnn3-c3ccccc3C)c2=O)no1. The largest absolute Gasteiger partial charge is 0.339 e. The smallest absolute Gasteiger partial charge is 0.264 e. The number of hydrogen-bond donors (Lipinski definition) is 0. The van der Waals surface area contributed by atoms with Gasteiger partial charge < -0.3 is 4.52 Å². The molecule has 4 aromatic rings. The van der Waals surface area contributed by atoms with Gasteiger partial charge >= 0.3 is 0 Å². The van der Waals surface area contributed by atoms with Crippen LogP contribution in [0.1, 0.15) is 24.2 Å². The monoisotopic (exact) mass is 336 g/mol. The molecule has 3 heterocycles. The normalized spacial score (nSPS) is 11.3. The summed E-state index contributed by atoms with van der Waals surface area (Å²) in [5.74, 6) is 0.996. The molecule has 0 saturated carbocycles. The highest BCUT2D eigenvalue weighted by atomic mass is 16.5. The molecule has 1 aromatic carbocycles. The molecule has 0 aliphatic rings. The average molecular weight is 336 g/mol. The van der Waals surface area contributed by atoms with E-state index in [1.165, 1.54) is 10.9 Å². The third-order valence-corrected chi connectivity index (χ3v) is 4.02. The predicted octanol–water partition coefficient (Wildman–Crippen LogP) is 1.88. The fourth-order valence-electron chi connectivity index (χ4n) is 2.69. The summed E-state index contributed by atoms with van der Waals surface area (Å²) in [6.07, 6.45) is 3.69. The summed E-state index contributed by atoms with van der Waals surface area (Å²) in [4.78, 5) is 21.4. The Morgan fingerprint density at radius 3 is 2.84 bits per heavy atom. The van der Waals surface area contributed by atoms with Gasteiger partial charge in [0.15, 0.2) is 11.5 Å². The van der Waals surface area contributed by atoms with Gasteiger partial charge in [-0.05, 0) is 18.6 Å². The maximum atomic E-state index is 12.7. The Kier molecular flexibility index (Phi) is 3.64. The first-order chi connectivity index (χ1) is 12.2. The van der Waals surface area contributed by atoms with E-state index in [9.17, 15) is 4.79 Å². The van der Waals surface area contributed by atoms with E-state index < -0.39 is 0 Å². The minimum absolute atomic E-state index is 0.187. The van der Waals surface area contributed by atoms with E-state index in [0.717, 1.165) is 11.3 Å². The molecule has 25 heavy (non-hydrogen) atoms. The van der Waals surface area contributed by atoms with Crippen molar-refractivity contribution in [3.05, 3.63) is 64.4 Å². The molecule has 0 aliphatic carbocycles. The van der Waals surface area contributed by atoms with Gasteiger partial charge in [0.25, 0.3) is 5.56 Å². The zero-order chi connectivity index (χ0) is 17.4. The van der Waals surface area contributed by atoms with E-state index >= 15 is 0 Å². The van der Waals surface area contributed by atoms with Crippen LogP contribution >= 0.6 is 0 Å². The molecule has 126 valence electrons. The van der Waals surface area contributed by atoms with Gasteiger partial charge in [-0.3, -0.25) is 9.36 Å². The van der Waals surface area contributed by atoms with Gasteiger partial charge in [-0.25, -0.2) is 9.67 Å². The summed E-state index contributed by atoms with van der Waals surface area (Å²) in [5, 5.41) is 8.67. The van der Waals surface area contributed by atoms with E-state index in [-0.39, 0.29) is 12.1 Å². The number of fused-ring (bicyclic) bond motifs is 1. The lowest BCUT2D eigenvalue weighted by molar-refractivity contribution is 0.375. The highest BCUT2D eigenvalue weighted by Gasteiger charge is 2.14. The standard InChI is InChI=1S/C17H16N6O2/c1-3-15-20-14(21-25-15)9-22-10-18-16-12(17(22)24)8-19-23(16)13-7-5-4-6-11(13)2/h4-8,10H,3,9H2,1-2H3. The van der Waals surface area contributed by atoms with Crippen LogP contribution in [0.5, 0.6) is 0 Å². The Balaban J connectivity index is 1.77. The van der Waals surface area contributed by atoms with Crippen molar-refractivity contribution >= 4 is 11.0 Å². The zero-order valence-corrected chi connectivity index (χ0v) is 13.9. The van der Waals surface area contributed by atoms with Crippen LogP contribution in [-0.4, -0.2) is 29.5 Å². The van der Waals surface area contributed by atoms with E-state index in [0.29, 0.717) is 29.2 Å². The molecule has 8 heteroatoms. The zero-order valence-electron chi connectivity index (χ0n) is 13.9. The third-order valence-electron chi connectivity index (χ3n) is 4.02. The number of aromatic nitrogens is 6.